The summed E-state index contributed by atoms with van der Waals surface area (Å²) in [4.78, 5) is 11.2. The molecule has 0 bridgehead atoms. The third kappa shape index (κ3) is 2.41. The summed E-state index contributed by atoms with van der Waals surface area (Å²) < 4.78 is 27.9. The lowest BCUT2D eigenvalue weighted by Gasteiger charge is -2.06. The van der Waals surface area contributed by atoms with Crippen LogP contribution >= 0.6 is 0 Å². The highest BCUT2D eigenvalue weighted by Crippen LogP contribution is 2.17. The van der Waals surface area contributed by atoms with Crippen molar-refractivity contribution in [2.24, 2.45) is 0 Å². The predicted octanol–water partition coefficient (Wildman–Crippen LogP) is 0.880. The molecule has 0 unspecified atom stereocenters. The third-order valence-electron chi connectivity index (χ3n) is 1.90. The van der Waals surface area contributed by atoms with E-state index >= 15 is 0 Å². The molecule has 0 spiro atoms. The smallest absolute Gasteiger partial charge is 0.339 e. The van der Waals surface area contributed by atoms with Crippen molar-refractivity contribution in [3.8, 4) is 12.3 Å². The van der Waals surface area contributed by atoms with Crippen LogP contribution in [-0.2, 0) is 14.6 Å². The molecule has 1 aromatic rings. The van der Waals surface area contributed by atoms with E-state index in [4.69, 9.17) is 6.42 Å². The summed E-state index contributed by atoms with van der Waals surface area (Å²) in [5.41, 5.74) is 0.000231. The Labute approximate surface area is 94.2 Å². The molecule has 5 heteroatoms. The van der Waals surface area contributed by atoms with Crippen molar-refractivity contribution in [1.29, 1.82) is 0 Å². The number of sulfone groups is 1. The molecule has 0 aromatic heterocycles. The largest absolute Gasteiger partial charge is 0.465 e. The fourth-order valence-electron chi connectivity index (χ4n) is 1.20. The van der Waals surface area contributed by atoms with E-state index in [-0.39, 0.29) is 10.5 Å². The molecule has 0 amide bonds. The van der Waals surface area contributed by atoms with Crippen LogP contribution in [-0.4, -0.2) is 27.2 Å². The molecule has 4 nitrogen and oxygen atoms in total. The first-order valence-corrected chi connectivity index (χ1v) is 6.01. The molecule has 1 rings (SSSR count). The number of ether oxygens (including phenoxy) is 1. The van der Waals surface area contributed by atoms with E-state index in [9.17, 15) is 13.2 Å². The molecule has 0 saturated heterocycles. The summed E-state index contributed by atoms with van der Waals surface area (Å²) in [6.07, 6.45) is 4.97. The SMILES string of the molecule is C#CCS(=O)(=O)c1ccccc1C(=O)OC. The summed E-state index contributed by atoms with van der Waals surface area (Å²) in [7, 11) is -2.45. The lowest BCUT2D eigenvalue weighted by atomic mass is 10.2. The molecule has 0 radical (unpaired) electrons. The quantitative estimate of drug-likeness (QED) is 0.579. The van der Waals surface area contributed by atoms with Crippen molar-refractivity contribution >= 4 is 15.8 Å². The van der Waals surface area contributed by atoms with Gasteiger partial charge in [0.1, 0.15) is 5.75 Å². The van der Waals surface area contributed by atoms with Gasteiger partial charge in [-0.2, -0.15) is 0 Å². The average Bonchev–Trinajstić information content (AvgIpc) is 2.28. The number of rotatable bonds is 3. The van der Waals surface area contributed by atoms with Crippen molar-refractivity contribution in [2.45, 2.75) is 4.90 Å². The Morgan fingerprint density at radius 3 is 2.62 bits per heavy atom. The second-order valence-corrected chi connectivity index (χ2v) is 4.91. The van der Waals surface area contributed by atoms with Gasteiger partial charge < -0.3 is 4.74 Å². The van der Waals surface area contributed by atoms with Gasteiger partial charge in [0.2, 0.25) is 0 Å². The highest BCUT2D eigenvalue weighted by Gasteiger charge is 2.21. The minimum absolute atomic E-state index is 0.000231. The maximum absolute atomic E-state index is 11.7. The predicted molar refractivity (Wildman–Crippen MR) is 58.7 cm³/mol. The van der Waals surface area contributed by atoms with Crippen LogP contribution in [0.4, 0.5) is 0 Å². The first kappa shape index (κ1) is 12.3. The Morgan fingerprint density at radius 1 is 1.44 bits per heavy atom. The zero-order valence-electron chi connectivity index (χ0n) is 8.64. The van der Waals surface area contributed by atoms with Gasteiger partial charge in [0.15, 0.2) is 9.84 Å². The van der Waals surface area contributed by atoms with Gasteiger partial charge in [-0.3, -0.25) is 0 Å². The van der Waals surface area contributed by atoms with Gasteiger partial charge in [-0.15, -0.1) is 6.42 Å². The summed E-state index contributed by atoms with van der Waals surface area (Å²) >= 11 is 0. The van der Waals surface area contributed by atoms with Crippen molar-refractivity contribution in [1.82, 2.24) is 0 Å². The van der Waals surface area contributed by atoms with Gasteiger partial charge in [-0.05, 0) is 12.1 Å². The molecule has 0 fully saturated rings. The third-order valence-corrected chi connectivity index (χ3v) is 3.47. The van der Waals surface area contributed by atoms with E-state index in [1.807, 2.05) is 0 Å². The zero-order chi connectivity index (χ0) is 12.2. The van der Waals surface area contributed by atoms with E-state index in [1.165, 1.54) is 25.3 Å². The Morgan fingerprint density at radius 2 is 2.06 bits per heavy atom. The minimum Gasteiger partial charge on any atom is -0.465 e. The molecular weight excluding hydrogens is 228 g/mol. The van der Waals surface area contributed by atoms with Crippen LogP contribution in [0.15, 0.2) is 29.2 Å². The summed E-state index contributed by atoms with van der Waals surface area (Å²) in [5, 5.41) is 0. The van der Waals surface area contributed by atoms with Crippen LogP contribution in [0.3, 0.4) is 0 Å². The Hall–Kier alpha value is -1.80. The number of carbonyl (C=O) groups excluding carboxylic acids is 1. The first-order chi connectivity index (χ1) is 7.53. The molecule has 0 aliphatic carbocycles. The fraction of sp³-hybridized carbons (Fsp3) is 0.182. The minimum atomic E-state index is -3.63. The van der Waals surface area contributed by atoms with Gasteiger partial charge in [-0.1, -0.05) is 18.1 Å². The van der Waals surface area contributed by atoms with Gasteiger partial charge >= 0.3 is 5.97 Å². The van der Waals surface area contributed by atoms with Crippen LogP contribution < -0.4 is 0 Å². The van der Waals surface area contributed by atoms with Gasteiger partial charge in [0.25, 0.3) is 0 Å². The van der Waals surface area contributed by atoms with Crippen molar-refractivity contribution in [3.05, 3.63) is 29.8 Å². The molecule has 0 N–H and O–H groups in total. The highest BCUT2D eigenvalue weighted by molar-refractivity contribution is 7.91. The normalized spacial score (nSPS) is 10.5. The van der Waals surface area contributed by atoms with Crippen molar-refractivity contribution in [2.75, 3.05) is 12.9 Å². The molecule has 16 heavy (non-hydrogen) atoms. The number of esters is 1. The monoisotopic (exact) mass is 238 g/mol. The molecule has 0 aliphatic rings. The Bertz CT molecular complexity index is 537. The van der Waals surface area contributed by atoms with E-state index in [2.05, 4.69) is 10.7 Å². The summed E-state index contributed by atoms with van der Waals surface area (Å²) in [5.74, 6) is 0.909. The van der Waals surface area contributed by atoms with E-state index in [0.29, 0.717) is 0 Å². The lowest BCUT2D eigenvalue weighted by Crippen LogP contribution is -2.12. The van der Waals surface area contributed by atoms with E-state index in [1.54, 1.807) is 6.07 Å². The van der Waals surface area contributed by atoms with Crippen LogP contribution in [0.1, 0.15) is 10.4 Å². The maximum Gasteiger partial charge on any atom is 0.339 e. The molecule has 0 aliphatic heterocycles. The number of terminal acetylenes is 1. The van der Waals surface area contributed by atoms with Crippen LogP contribution in [0, 0.1) is 12.3 Å². The number of hydrogen-bond donors (Lipinski definition) is 0. The molecule has 0 heterocycles. The molecule has 84 valence electrons. The van der Waals surface area contributed by atoms with Crippen LogP contribution in [0.2, 0.25) is 0 Å². The second-order valence-electron chi connectivity index (χ2n) is 2.95. The Balaban J connectivity index is 3.36. The number of carbonyl (C=O) groups is 1. The second kappa shape index (κ2) is 4.81. The van der Waals surface area contributed by atoms with Gasteiger partial charge in [0, 0.05) is 0 Å². The van der Waals surface area contributed by atoms with Crippen molar-refractivity contribution < 1.29 is 17.9 Å². The molecule has 1 aromatic carbocycles. The van der Waals surface area contributed by atoms with Crippen molar-refractivity contribution in [3.63, 3.8) is 0 Å². The van der Waals surface area contributed by atoms with E-state index < -0.39 is 21.6 Å². The van der Waals surface area contributed by atoms with Gasteiger partial charge in [-0.25, -0.2) is 13.2 Å². The topological polar surface area (TPSA) is 60.4 Å². The van der Waals surface area contributed by atoms with Crippen LogP contribution in [0.25, 0.3) is 0 Å². The van der Waals surface area contributed by atoms with Crippen LogP contribution in [0.5, 0.6) is 0 Å². The number of benzene rings is 1. The lowest BCUT2D eigenvalue weighted by molar-refractivity contribution is 0.0596. The molecule has 0 saturated carbocycles. The number of hydrogen-bond acceptors (Lipinski definition) is 4. The maximum atomic E-state index is 11.7. The van der Waals surface area contributed by atoms with Gasteiger partial charge in [0.05, 0.1) is 17.6 Å². The molecular formula is C11H10O4S. The molecule has 0 atom stereocenters. The summed E-state index contributed by atoms with van der Waals surface area (Å²) in [6.45, 7) is 0. The fourth-order valence-corrected chi connectivity index (χ4v) is 2.35. The van der Waals surface area contributed by atoms with E-state index in [0.717, 1.165) is 0 Å². The number of methoxy groups -OCH3 is 1. The highest BCUT2D eigenvalue weighted by atomic mass is 32.2. The summed E-state index contributed by atoms with van der Waals surface area (Å²) in [6, 6.07) is 5.80. The standard InChI is InChI=1S/C11H10O4S/c1-3-8-16(13,14)10-7-5-4-6-9(10)11(12)15-2/h1,4-7H,8H2,2H3. The Kier molecular flexibility index (Phi) is 3.69. The first-order valence-electron chi connectivity index (χ1n) is 4.36. The average molecular weight is 238 g/mol. The zero-order valence-corrected chi connectivity index (χ0v) is 9.45.